The molecule has 1 fully saturated rings. The SMILES string of the molecule is CC(=O)Nc1ccc(NC(=O)c2cnc(C3CCNCC3)nc2)cc1Cl. The number of nitrogens with zero attached hydrogens (tertiary/aromatic N) is 2. The monoisotopic (exact) mass is 373 g/mol. The van der Waals surface area contributed by atoms with Crippen LogP contribution < -0.4 is 16.0 Å². The van der Waals surface area contributed by atoms with Crippen LogP contribution in [0.4, 0.5) is 11.4 Å². The average molecular weight is 374 g/mol. The first-order valence-corrected chi connectivity index (χ1v) is 8.82. The zero-order valence-corrected chi connectivity index (χ0v) is 15.1. The minimum atomic E-state index is -0.315. The summed E-state index contributed by atoms with van der Waals surface area (Å²) in [5.74, 6) is 0.596. The number of carbonyl (C=O) groups is 2. The van der Waals surface area contributed by atoms with Crippen LogP contribution in [-0.4, -0.2) is 34.9 Å². The van der Waals surface area contributed by atoms with Gasteiger partial charge in [-0.3, -0.25) is 9.59 Å². The fourth-order valence-electron chi connectivity index (χ4n) is 2.83. The Labute approximate surface area is 156 Å². The van der Waals surface area contributed by atoms with Crippen molar-refractivity contribution in [1.82, 2.24) is 15.3 Å². The van der Waals surface area contributed by atoms with E-state index in [0.717, 1.165) is 31.8 Å². The van der Waals surface area contributed by atoms with Gasteiger partial charge in [0, 0.05) is 30.9 Å². The number of amides is 2. The molecule has 136 valence electrons. The molecule has 7 nitrogen and oxygen atoms in total. The van der Waals surface area contributed by atoms with Crippen LogP contribution in [0.1, 0.15) is 41.9 Å². The lowest BCUT2D eigenvalue weighted by Gasteiger charge is -2.21. The van der Waals surface area contributed by atoms with Crippen LogP contribution in [0.5, 0.6) is 0 Å². The number of halogens is 1. The van der Waals surface area contributed by atoms with Crippen molar-refractivity contribution < 1.29 is 9.59 Å². The quantitative estimate of drug-likeness (QED) is 0.765. The Morgan fingerprint density at radius 1 is 1.15 bits per heavy atom. The van der Waals surface area contributed by atoms with Crippen LogP contribution in [-0.2, 0) is 4.79 Å². The second-order valence-electron chi connectivity index (χ2n) is 6.18. The molecule has 3 N–H and O–H groups in total. The summed E-state index contributed by atoms with van der Waals surface area (Å²) in [5, 5.41) is 9.02. The number of hydrogen-bond acceptors (Lipinski definition) is 5. The first-order chi connectivity index (χ1) is 12.5. The Morgan fingerprint density at radius 3 is 2.46 bits per heavy atom. The summed E-state index contributed by atoms with van der Waals surface area (Å²) in [7, 11) is 0. The van der Waals surface area contributed by atoms with E-state index >= 15 is 0 Å². The predicted octanol–water partition coefficient (Wildman–Crippen LogP) is 2.81. The maximum Gasteiger partial charge on any atom is 0.258 e. The van der Waals surface area contributed by atoms with Crippen LogP contribution in [0.15, 0.2) is 30.6 Å². The second-order valence-corrected chi connectivity index (χ2v) is 6.59. The Morgan fingerprint density at radius 2 is 1.85 bits per heavy atom. The van der Waals surface area contributed by atoms with Gasteiger partial charge in [-0.15, -0.1) is 0 Å². The molecule has 2 aromatic rings. The zero-order valence-electron chi connectivity index (χ0n) is 14.4. The Hall–Kier alpha value is -2.51. The topological polar surface area (TPSA) is 96.0 Å². The molecule has 2 amide bonds. The van der Waals surface area contributed by atoms with Crippen LogP contribution in [0.3, 0.4) is 0 Å². The van der Waals surface area contributed by atoms with Crippen molar-refractivity contribution in [3.05, 3.63) is 47.0 Å². The smallest absolute Gasteiger partial charge is 0.258 e. The number of benzene rings is 1. The average Bonchev–Trinajstić information content (AvgIpc) is 2.64. The minimum absolute atomic E-state index is 0.213. The normalized spacial score (nSPS) is 14.7. The highest BCUT2D eigenvalue weighted by molar-refractivity contribution is 6.34. The number of rotatable bonds is 4. The van der Waals surface area contributed by atoms with E-state index in [2.05, 4.69) is 25.9 Å². The van der Waals surface area contributed by atoms with Crippen molar-refractivity contribution >= 4 is 34.8 Å². The Bertz CT molecular complexity index is 804. The van der Waals surface area contributed by atoms with Gasteiger partial charge in [0.15, 0.2) is 0 Å². The third-order valence-electron chi connectivity index (χ3n) is 4.18. The number of nitrogens with one attached hydrogen (secondary N) is 3. The van der Waals surface area contributed by atoms with E-state index in [9.17, 15) is 9.59 Å². The number of aromatic nitrogens is 2. The molecule has 1 aliphatic rings. The fourth-order valence-corrected chi connectivity index (χ4v) is 3.06. The van der Waals surface area contributed by atoms with E-state index < -0.39 is 0 Å². The van der Waals surface area contributed by atoms with Crippen molar-refractivity contribution in [2.45, 2.75) is 25.7 Å². The van der Waals surface area contributed by atoms with Crippen LogP contribution in [0.2, 0.25) is 5.02 Å². The summed E-state index contributed by atoms with van der Waals surface area (Å²) in [5.41, 5.74) is 1.40. The van der Waals surface area contributed by atoms with Gasteiger partial charge < -0.3 is 16.0 Å². The molecule has 3 rings (SSSR count). The lowest BCUT2D eigenvalue weighted by molar-refractivity contribution is -0.114. The number of carbonyl (C=O) groups excluding carboxylic acids is 2. The van der Waals surface area contributed by atoms with Crippen LogP contribution >= 0.6 is 11.6 Å². The van der Waals surface area contributed by atoms with Gasteiger partial charge in [0.1, 0.15) is 5.82 Å². The maximum atomic E-state index is 12.4. The molecule has 1 aromatic carbocycles. The van der Waals surface area contributed by atoms with Crippen molar-refractivity contribution in [3.8, 4) is 0 Å². The fraction of sp³-hybridized carbons (Fsp3) is 0.333. The largest absolute Gasteiger partial charge is 0.325 e. The van der Waals surface area contributed by atoms with Gasteiger partial charge in [-0.25, -0.2) is 9.97 Å². The van der Waals surface area contributed by atoms with Gasteiger partial charge in [0.05, 0.1) is 16.3 Å². The minimum Gasteiger partial charge on any atom is -0.325 e. The molecule has 26 heavy (non-hydrogen) atoms. The summed E-state index contributed by atoms with van der Waals surface area (Å²) in [4.78, 5) is 32.2. The molecule has 0 bridgehead atoms. The standard InChI is InChI=1S/C18H20ClN5O2/c1-11(25)23-16-3-2-14(8-15(16)19)24-18(26)13-9-21-17(22-10-13)12-4-6-20-7-5-12/h2-3,8-10,12,20H,4-7H2,1H3,(H,23,25)(H,24,26). The first-order valence-electron chi connectivity index (χ1n) is 8.44. The number of piperidine rings is 1. The van der Waals surface area contributed by atoms with Gasteiger partial charge >= 0.3 is 0 Å². The van der Waals surface area contributed by atoms with Crippen molar-refractivity contribution in [1.29, 1.82) is 0 Å². The highest BCUT2D eigenvalue weighted by Crippen LogP contribution is 2.26. The zero-order chi connectivity index (χ0) is 18.5. The highest BCUT2D eigenvalue weighted by atomic mass is 35.5. The summed E-state index contributed by atoms with van der Waals surface area (Å²) in [6.45, 7) is 3.33. The molecule has 8 heteroatoms. The van der Waals surface area contributed by atoms with E-state index in [1.165, 1.54) is 6.92 Å². The molecule has 1 saturated heterocycles. The lowest BCUT2D eigenvalue weighted by atomic mass is 9.97. The van der Waals surface area contributed by atoms with E-state index in [1.807, 2.05) is 0 Å². The number of anilines is 2. The summed E-state index contributed by atoms with van der Waals surface area (Å²) in [6.07, 6.45) is 5.11. The van der Waals surface area contributed by atoms with Gasteiger partial charge in [-0.1, -0.05) is 11.6 Å². The van der Waals surface area contributed by atoms with E-state index in [4.69, 9.17) is 11.6 Å². The van der Waals surface area contributed by atoms with E-state index in [1.54, 1.807) is 30.6 Å². The molecule has 0 radical (unpaired) electrons. The highest BCUT2D eigenvalue weighted by Gasteiger charge is 2.18. The molecule has 2 heterocycles. The third-order valence-corrected chi connectivity index (χ3v) is 4.49. The summed E-state index contributed by atoms with van der Waals surface area (Å²) < 4.78 is 0. The number of hydrogen-bond donors (Lipinski definition) is 3. The third kappa shape index (κ3) is 4.56. The van der Waals surface area contributed by atoms with Gasteiger partial charge in [0.25, 0.3) is 5.91 Å². The molecular formula is C18H20ClN5O2. The molecule has 1 aromatic heterocycles. The molecule has 0 unspecified atom stereocenters. The van der Waals surface area contributed by atoms with Gasteiger partial charge in [-0.2, -0.15) is 0 Å². The molecule has 1 aliphatic heterocycles. The Kier molecular flexibility index (Phi) is 5.80. The molecule has 0 aliphatic carbocycles. The first kappa shape index (κ1) is 18.3. The van der Waals surface area contributed by atoms with E-state index in [-0.39, 0.29) is 11.8 Å². The molecule has 0 spiro atoms. The van der Waals surface area contributed by atoms with Crippen molar-refractivity contribution in [2.75, 3.05) is 23.7 Å². The van der Waals surface area contributed by atoms with Crippen LogP contribution in [0, 0.1) is 0 Å². The summed E-state index contributed by atoms with van der Waals surface area (Å²) in [6, 6.07) is 4.88. The van der Waals surface area contributed by atoms with E-state index in [0.29, 0.717) is 27.9 Å². The van der Waals surface area contributed by atoms with Crippen molar-refractivity contribution in [3.63, 3.8) is 0 Å². The van der Waals surface area contributed by atoms with Crippen LogP contribution in [0.25, 0.3) is 0 Å². The molecular weight excluding hydrogens is 354 g/mol. The summed E-state index contributed by atoms with van der Waals surface area (Å²) >= 11 is 6.11. The lowest BCUT2D eigenvalue weighted by Crippen LogP contribution is -2.27. The van der Waals surface area contributed by atoms with Gasteiger partial charge in [0.2, 0.25) is 5.91 Å². The Balaban J connectivity index is 1.66. The van der Waals surface area contributed by atoms with Gasteiger partial charge in [-0.05, 0) is 44.1 Å². The second kappa shape index (κ2) is 8.25. The molecule has 0 saturated carbocycles. The molecule has 0 atom stereocenters. The predicted molar refractivity (Wildman–Crippen MR) is 101 cm³/mol. The van der Waals surface area contributed by atoms with Crippen molar-refractivity contribution in [2.24, 2.45) is 0 Å². The maximum absolute atomic E-state index is 12.4.